The van der Waals surface area contributed by atoms with Crippen molar-refractivity contribution in [3.05, 3.63) is 28.9 Å². The second-order valence-corrected chi connectivity index (χ2v) is 4.92. The largest absolute Gasteiger partial charge is 0.495 e. The number of benzene rings is 1. The molecule has 1 heterocycles. The van der Waals surface area contributed by atoms with Gasteiger partial charge >= 0.3 is 0 Å². The molecule has 0 aliphatic carbocycles. The molecule has 0 spiro atoms. The van der Waals surface area contributed by atoms with Crippen LogP contribution in [-0.2, 0) is 4.74 Å². The number of rotatable bonds is 7. The quantitative estimate of drug-likeness (QED) is 0.758. The molecule has 2 N–H and O–H groups in total. The molecule has 2 aromatic rings. The second-order valence-electron chi connectivity index (χ2n) is 4.51. The van der Waals surface area contributed by atoms with E-state index < -0.39 is 0 Å². The van der Waals surface area contributed by atoms with E-state index in [1.807, 2.05) is 13.0 Å². The Morgan fingerprint density at radius 3 is 2.82 bits per heavy atom. The fourth-order valence-electron chi connectivity index (χ4n) is 1.77. The van der Waals surface area contributed by atoms with Gasteiger partial charge < -0.3 is 20.1 Å². The van der Waals surface area contributed by atoms with Crippen LogP contribution in [0.4, 0.5) is 17.5 Å². The van der Waals surface area contributed by atoms with E-state index in [-0.39, 0.29) is 0 Å². The predicted octanol–water partition coefficient (Wildman–Crippen LogP) is 2.64. The van der Waals surface area contributed by atoms with Crippen LogP contribution in [0.25, 0.3) is 0 Å². The van der Waals surface area contributed by atoms with Gasteiger partial charge in [-0.1, -0.05) is 11.6 Å². The Morgan fingerprint density at radius 2 is 2.09 bits per heavy atom. The highest BCUT2D eigenvalue weighted by atomic mass is 35.5. The van der Waals surface area contributed by atoms with Gasteiger partial charge in [0.05, 0.1) is 25.6 Å². The lowest BCUT2D eigenvalue weighted by atomic mass is 10.2. The number of ether oxygens (including phenoxy) is 2. The molecule has 0 saturated carbocycles. The summed E-state index contributed by atoms with van der Waals surface area (Å²) in [6, 6.07) is 3.61. The Morgan fingerprint density at radius 1 is 1.27 bits per heavy atom. The number of methoxy groups -OCH3 is 2. The number of aromatic nitrogens is 3. The summed E-state index contributed by atoms with van der Waals surface area (Å²) in [6.07, 6.45) is 1.55. The first-order valence-corrected chi connectivity index (χ1v) is 7.05. The normalized spacial score (nSPS) is 10.4. The molecule has 1 aromatic heterocycles. The summed E-state index contributed by atoms with van der Waals surface area (Å²) in [6.45, 7) is 3.13. The van der Waals surface area contributed by atoms with Crippen LogP contribution in [0.2, 0.25) is 5.02 Å². The molecule has 0 amide bonds. The number of halogens is 1. The number of hydrogen-bond acceptors (Lipinski definition) is 7. The molecule has 0 radical (unpaired) electrons. The van der Waals surface area contributed by atoms with E-state index >= 15 is 0 Å². The van der Waals surface area contributed by atoms with Gasteiger partial charge in [-0.3, -0.25) is 0 Å². The van der Waals surface area contributed by atoms with Crippen LogP contribution >= 0.6 is 11.6 Å². The first-order chi connectivity index (χ1) is 10.6. The van der Waals surface area contributed by atoms with Gasteiger partial charge in [-0.15, -0.1) is 5.10 Å². The van der Waals surface area contributed by atoms with Crippen molar-refractivity contribution in [3.8, 4) is 5.75 Å². The number of anilines is 3. The van der Waals surface area contributed by atoms with E-state index in [0.29, 0.717) is 35.7 Å². The van der Waals surface area contributed by atoms with Gasteiger partial charge in [0, 0.05) is 24.7 Å². The average molecular weight is 324 g/mol. The summed E-state index contributed by atoms with van der Waals surface area (Å²) in [5.74, 6) is 1.58. The highest BCUT2D eigenvalue weighted by Gasteiger charge is 2.09. The van der Waals surface area contributed by atoms with Crippen molar-refractivity contribution in [2.75, 3.05) is 38.0 Å². The lowest BCUT2D eigenvalue weighted by Gasteiger charge is -2.12. The third-order valence-electron chi connectivity index (χ3n) is 2.90. The van der Waals surface area contributed by atoms with Crippen LogP contribution in [0.1, 0.15) is 5.56 Å². The fourth-order valence-corrected chi connectivity index (χ4v) is 1.93. The van der Waals surface area contributed by atoms with Crippen LogP contribution in [0.15, 0.2) is 18.3 Å². The van der Waals surface area contributed by atoms with Gasteiger partial charge in [0.1, 0.15) is 5.75 Å². The van der Waals surface area contributed by atoms with Crippen molar-refractivity contribution in [3.63, 3.8) is 0 Å². The van der Waals surface area contributed by atoms with E-state index in [9.17, 15) is 0 Å². The standard InChI is InChI=1S/C14H18ClN5O2/c1-9-6-11(12(22-3)7-10(9)15)18-14-19-13(8-17-20-14)16-4-5-21-2/h6-8H,4-5H2,1-3H3,(H2,16,18,19,20). The highest BCUT2D eigenvalue weighted by molar-refractivity contribution is 6.31. The maximum absolute atomic E-state index is 6.09. The molecule has 0 bridgehead atoms. The highest BCUT2D eigenvalue weighted by Crippen LogP contribution is 2.32. The van der Waals surface area contributed by atoms with E-state index in [1.165, 1.54) is 0 Å². The maximum Gasteiger partial charge on any atom is 0.249 e. The molecule has 0 unspecified atom stereocenters. The van der Waals surface area contributed by atoms with Crippen molar-refractivity contribution in [1.29, 1.82) is 0 Å². The number of aryl methyl sites for hydroxylation is 1. The van der Waals surface area contributed by atoms with Crippen molar-refractivity contribution in [1.82, 2.24) is 15.2 Å². The molecular weight excluding hydrogens is 306 g/mol. The van der Waals surface area contributed by atoms with Crippen LogP contribution in [0.5, 0.6) is 5.75 Å². The summed E-state index contributed by atoms with van der Waals surface area (Å²) in [7, 11) is 3.22. The minimum atomic E-state index is 0.363. The number of nitrogens with zero attached hydrogens (tertiary/aromatic N) is 3. The Hall–Kier alpha value is -2.12. The Kier molecular flexibility index (Phi) is 5.74. The molecule has 8 heteroatoms. The SMILES string of the molecule is COCCNc1cnnc(Nc2cc(C)c(Cl)cc2OC)n1. The Balaban J connectivity index is 2.16. The van der Waals surface area contributed by atoms with E-state index in [0.717, 1.165) is 11.3 Å². The molecule has 0 aliphatic heterocycles. The molecule has 0 saturated heterocycles. The minimum absolute atomic E-state index is 0.363. The zero-order valence-electron chi connectivity index (χ0n) is 12.7. The van der Waals surface area contributed by atoms with Gasteiger partial charge in [0.15, 0.2) is 5.82 Å². The van der Waals surface area contributed by atoms with Gasteiger partial charge in [0.2, 0.25) is 5.95 Å². The zero-order valence-corrected chi connectivity index (χ0v) is 13.4. The topological polar surface area (TPSA) is 81.2 Å². The Labute approximate surface area is 134 Å². The first kappa shape index (κ1) is 16.3. The molecule has 1 aromatic carbocycles. The smallest absolute Gasteiger partial charge is 0.249 e. The van der Waals surface area contributed by atoms with Crippen LogP contribution in [-0.4, -0.2) is 42.6 Å². The predicted molar refractivity (Wildman–Crippen MR) is 86.2 cm³/mol. The fraction of sp³-hybridized carbons (Fsp3) is 0.357. The third-order valence-corrected chi connectivity index (χ3v) is 3.31. The summed E-state index contributed by atoms with van der Waals surface area (Å²) < 4.78 is 10.3. The van der Waals surface area contributed by atoms with Gasteiger partial charge in [-0.2, -0.15) is 10.1 Å². The van der Waals surface area contributed by atoms with Crippen molar-refractivity contribution >= 4 is 29.1 Å². The minimum Gasteiger partial charge on any atom is -0.495 e. The summed E-state index contributed by atoms with van der Waals surface area (Å²) >= 11 is 6.09. The molecule has 0 aliphatic rings. The lowest BCUT2D eigenvalue weighted by Crippen LogP contribution is -2.10. The molecule has 118 valence electrons. The van der Waals surface area contributed by atoms with E-state index in [4.69, 9.17) is 21.1 Å². The second kappa shape index (κ2) is 7.77. The molecule has 0 atom stereocenters. The summed E-state index contributed by atoms with van der Waals surface area (Å²) in [4.78, 5) is 4.33. The summed E-state index contributed by atoms with van der Waals surface area (Å²) in [5.41, 5.74) is 1.65. The molecule has 7 nitrogen and oxygen atoms in total. The van der Waals surface area contributed by atoms with Crippen molar-refractivity contribution in [2.45, 2.75) is 6.92 Å². The van der Waals surface area contributed by atoms with Crippen LogP contribution < -0.4 is 15.4 Å². The lowest BCUT2D eigenvalue weighted by molar-refractivity contribution is 0.210. The Bertz CT molecular complexity index is 639. The number of hydrogen-bond donors (Lipinski definition) is 2. The van der Waals surface area contributed by atoms with Crippen molar-refractivity contribution < 1.29 is 9.47 Å². The van der Waals surface area contributed by atoms with Crippen LogP contribution in [0.3, 0.4) is 0 Å². The summed E-state index contributed by atoms with van der Waals surface area (Å²) in [5, 5.41) is 14.7. The zero-order chi connectivity index (χ0) is 15.9. The maximum atomic E-state index is 6.09. The van der Waals surface area contributed by atoms with E-state index in [1.54, 1.807) is 26.5 Å². The average Bonchev–Trinajstić information content (AvgIpc) is 2.51. The molecule has 2 rings (SSSR count). The molecule has 22 heavy (non-hydrogen) atoms. The van der Waals surface area contributed by atoms with Gasteiger partial charge in [0.25, 0.3) is 0 Å². The van der Waals surface area contributed by atoms with Crippen LogP contribution in [0, 0.1) is 6.92 Å². The van der Waals surface area contributed by atoms with E-state index in [2.05, 4.69) is 25.8 Å². The van der Waals surface area contributed by atoms with Gasteiger partial charge in [-0.05, 0) is 18.6 Å². The molecule has 0 fully saturated rings. The van der Waals surface area contributed by atoms with Gasteiger partial charge in [-0.25, -0.2) is 0 Å². The van der Waals surface area contributed by atoms with Crippen molar-refractivity contribution in [2.24, 2.45) is 0 Å². The third kappa shape index (κ3) is 4.19. The molecular formula is C14H18ClN5O2. The monoisotopic (exact) mass is 323 g/mol. The number of nitrogens with one attached hydrogen (secondary N) is 2. The first-order valence-electron chi connectivity index (χ1n) is 6.67.